The Balaban J connectivity index is 2.02. The number of pyridine rings is 1. The third-order valence-electron chi connectivity index (χ3n) is 2.90. The van der Waals surface area contributed by atoms with Gasteiger partial charge in [-0.2, -0.15) is 0 Å². The molecule has 0 unspecified atom stereocenters. The van der Waals surface area contributed by atoms with Crippen LogP contribution in [0, 0.1) is 0 Å². The average Bonchev–Trinajstić information content (AvgIpc) is 2.52. The van der Waals surface area contributed by atoms with Crippen LogP contribution in [0.4, 0.5) is 0 Å². The van der Waals surface area contributed by atoms with Crippen molar-refractivity contribution in [2.24, 2.45) is 0 Å². The van der Waals surface area contributed by atoms with Crippen molar-refractivity contribution in [3.63, 3.8) is 0 Å². The minimum Gasteiger partial charge on any atom is -0.487 e. The summed E-state index contributed by atoms with van der Waals surface area (Å²) in [5, 5.41) is 3.31. The van der Waals surface area contributed by atoms with Gasteiger partial charge in [0.15, 0.2) is 0 Å². The van der Waals surface area contributed by atoms with E-state index in [1.165, 1.54) is 0 Å². The van der Waals surface area contributed by atoms with Gasteiger partial charge in [0.05, 0.1) is 12.8 Å². The van der Waals surface area contributed by atoms with Crippen molar-refractivity contribution in [1.82, 2.24) is 10.3 Å². The molecule has 0 aliphatic carbocycles. The van der Waals surface area contributed by atoms with Crippen LogP contribution < -0.4 is 14.8 Å². The van der Waals surface area contributed by atoms with Crippen LogP contribution in [0.1, 0.15) is 18.2 Å². The molecule has 2 rings (SSSR count). The number of rotatable bonds is 7. The molecule has 0 radical (unpaired) electrons. The molecule has 0 aliphatic heterocycles. The maximum Gasteiger partial charge on any atom is 0.213 e. The summed E-state index contributed by atoms with van der Waals surface area (Å²) in [5.41, 5.74) is 2.00. The van der Waals surface area contributed by atoms with E-state index < -0.39 is 0 Å². The molecule has 1 heterocycles. The van der Waals surface area contributed by atoms with E-state index in [0.717, 1.165) is 30.1 Å². The van der Waals surface area contributed by atoms with E-state index in [0.29, 0.717) is 12.5 Å². The van der Waals surface area contributed by atoms with Crippen LogP contribution in [0.25, 0.3) is 0 Å². The third-order valence-corrected chi connectivity index (χ3v) is 2.90. The molecule has 1 aromatic heterocycles. The predicted octanol–water partition coefficient (Wildman–Crippen LogP) is 2.78. The van der Waals surface area contributed by atoms with Gasteiger partial charge in [0.25, 0.3) is 0 Å². The normalized spacial score (nSPS) is 10.3. The van der Waals surface area contributed by atoms with Gasteiger partial charge in [-0.15, -0.1) is 0 Å². The Kier molecular flexibility index (Phi) is 5.38. The van der Waals surface area contributed by atoms with E-state index in [-0.39, 0.29) is 0 Å². The third kappa shape index (κ3) is 3.96. The van der Waals surface area contributed by atoms with Gasteiger partial charge in [0.1, 0.15) is 12.4 Å². The largest absolute Gasteiger partial charge is 0.487 e. The van der Waals surface area contributed by atoms with Gasteiger partial charge in [0.2, 0.25) is 5.88 Å². The first-order valence-corrected chi connectivity index (χ1v) is 6.75. The van der Waals surface area contributed by atoms with Crippen LogP contribution in [0.3, 0.4) is 0 Å². The van der Waals surface area contributed by atoms with Crippen molar-refractivity contribution in [2.75, 3.05) is 13.7 Å². The zero-order valence-corrected chi connectivity index (χ0v) is 11.9. The average molecular weight is 272 g/mol. The summed E-state index contributed by atoms with van der Waals surface area (Å²) in [6, 6.07) is 13.7. The van der Waals surface area contributed by atoms with Gasteiger partial charge in [-0.25, -0.2) is 4.98 Å². The Morgan fingerprint density at radius 3 is 2.75 bits per heavy atom. The summed E-state index contributed by atoms with van der Waals surface area (Å²) in [5.74, 6) is 1.49. The van der Waals surface area contributed by atoms with Gasteiger partial charge < -0.3 is 14.8 Å². The number of benzene rings is 1. The van der Waals surface area contributed by atoms with Crippen LogP contribution >= 0.6 is 0 Å². The number of para-hydroxylation sites is 1. The first kappa shape index (κ1) is 14.3. The second-order valence-electron chi connectivity index (χ2n) is 4.35. The van der Waals surface area contributed by atoms with Gasteiger partial charge >= 0.3 is 0 Å². The summed E-state index contributed by atoms with van der Waals surface area (Å²) in [4.78, 5) is 4.34. The number of nitrogens with one attached hydrogen (secondary N) is 1. The van der Waals surface area contributed by atoms with E-state index in [9.17, 15) is 0 Å². The molecule has 0 aliphatic rings. The predicted molar refractivity (Wildman–Crippen MR) is 78.9 cm³/mol. The molecule has 0 bridgehead atoms. The quantitative estimate of drug-likeness (QED) is 0.841. The van der Waals surface area contributed by atoms with E-state index in [1.54, 1.807) is 7.11 Å². The highest BCUT2D eigenvalue weighted by Crippen LogP contribution is 2.19. The van der Waals surface area contributed by atoms with Crippen molar-refractivity contribution in [1.29, 1.82) is 0 Å². The molecule has 1 N–H and O–H groups in total. The lowest BCUT2D eigenvalue weighted by Gasteiger charge is -2.11. The minimum absolute atomic E-state index is 0.431. The Morgan fingerprint density at radius 2 is 1.95 bits per heavy atom. The molecule has 0 saturated heterocycles. The zero-order chi connectivity index (χ0) is 14.2. The Labute approximate surface area is 119 Å². The summed E-state index contributed by atoms with van der Waals surface area (Å²) < 4.78 is 11.0. The van der Waals surface area contributed by atoms with Gasteiger partial charge in [0, 0.05) is 18.2 Å². The van der Waals surface area contributed by atoms with Gasteiger partial charge in [-0.05, 0) is 18.7 Å². The summed E-state index contributed by atoms with van der Waals surface area (Å²) in [6.45, 7) is 4.26. The van der Waals surface area contributed by atoms with Crippen LogP contribution in [0.2, 0.25) is 0 Å². The molecule has 4 nitrogen and oxygen atoms in total. The molecule has 4 heteroatoms. The minimum atomic E-state index is 0.431. The van der Waals surface area contributed by atoms with E-state index in [4.69, 9.17) is 9.47 Å². The Hall–Kier alpha value is -2.07. The van der Waals surface area contributed by atoms with Crippen LogP contribution in [0.5, 0.6) is 11.6 Å². The fourth-order valence-corrected chi connectivity index (χ4v) is 1.85. The molecular weight excluding hydrogens is 252 g/mol. The molecule has 106 valence electrons. The standard InChI is InChI=1S/C16H20N2O2/c1-3-17-11-13-7-4-5-9-15(13)20-12-14-8-6-10-16(18-14)19-2/h4-10,17H,3,11-12H2,1-2H3. The molecule has 0 amide bonds. The van der Waals surface area contributed by atoms with E-state index >= 15 is 0 Å². The number of aromatic nitrogens is 1. The summed E-state index contributed by atoms with van der Waals surface area (Å²) in [6.07, 6.45) is 0. The lowest BCUT2D eigenvalue weighted by atomic mass is 10.2. The molecule has 2 aromatic rings. The highest BCUT2D eigenvalue weighted by molar-refractivity contribution is 5.33. The Morgan fingerprint density at radius 1 is 1.10 bits per heavy atom. The monoisotopic (exact) mass is 272 g/mol. The van der Waals surface area contributed by atoms with Crippen LogP contribution in [-0.4, -0.2) is 18.6 Å². The smallest absolute Gasteiger partial charge is 0.213 e. The fourth-order valence-electron chi connectivity index (χ4n) is 1.85. The topological polar surface area (TPSA) is 43.4 Å². The van der Waals surface area contributed by atoms with Crippen molar-refractivity contribution >= 4 is 0 Å². The number of methoxy groups -OCH3 is 1. The fraction of sp³-hybridized carbons (Fsp3) is 0.312. The summed E-state index contributed by atoms with van der Waals surface area (Å²) in [7, 11) is 1.61. The van der Waals surface area contributed by atoms with E-state index in [1.807, 2.05) is 36.4 Å². The Bertz CT molecular complexity index is 544. The van der Waals surface area contributed by atoms with Crippen LogP contribution in [-0.2, 0) is 13.2 Å². The highest BCUT2D eigenvalue weighted by atomic mass is 16.5. The van der Waals surface area contributed by atoms with Crippen LogP contribution in [0.15, 0.2) is 42.5 Å². The second-order valence-corrected chi connectivity index (χ2v) is 4.35. The molecule has 20 heavy (non-hydrogen) atoms. The van der Waals surface area contributed by atoms with Gasteiger partial charge in [-0.3, -0.25) is 0 Å². The number of ether oxygens (including phenoxy) is 2. The molecule has 0 saturated carbocycles. The van der Waals surface area contributed by atoms with Crippen molar-refractivity contribution < 1.29 is 9.47 Å². The molecule has 0 atom stereocenters. The number of nitrogens with zero attached hydrogens (tertiary/aromatic N) is 1. The second kappa shape index (κ2) is 7.50. The zero-order valence-electron chi connectivity index (χ0n) is 11.9. The lowest BCUT2D eigenvalue weighted by Crippen LogP contribution is -2.13. The van der Waals surface area contributed by atoms with E-state index in [2.05, 4.69) is 23.3 Å². The van der Waals surface area contributed by atoms with Crippen molar-refractivity contribution in [3.05, 3.63) is 53.7 Å². The maximum absolute atomic E-state index is 5.86. The maximum atomic E-state index is 5.86. The van der Waals surface area contributed by atoms with Gasteiger partial charge in [-0.1, -0.05) is 31.2 Å². The molecule has 1 aromatic carbocycles. The SMILES string of the molecule is CCNCc1ccccc1OCc1cccc(OC)n1. The molecule has 0 fully saturated rings. The molecule has 0 spiro atoms. The highest BCUT2D eigenvalue weighted by Gasteiger charge is 2.04. The summed E-state index contributed by atoms with van der Waals surface area (Å²) >= 11 is 0. The number of hydrogen-bond donors (Lipinski definition) is 1. The first-order valence-electron chi connectivity index (χ1n) is 6.75. The lowest BCUT2D eigenvalue weighted by molar-refractivity contribution is 0.294. The number of hydrogen-bond acceptors (Lipinski definition) is 4. The molecular formula is C16H20N2O2. The van der Waals surface area contributed by atoms with Crippen molar-refractivity contribution in [3.8, 4) is 11.6 Å². The first-order chi connectivity index (χ1) is 9.83. The van der Waals surface area contributed by atoms with Crippen molar-refractivity contribution in [2.45, 2.75) is 20.1 Å².